The lowest BCUT2D eigenvalue weighted by Gasteiger charge is -2.37. The molecule has 3 rings (SSSR count). The number of nitrogens with one attached hydrogen (secondary N) is 1. The fraction of sp³-hybridized carbons (Fsp3) is 0.412. The number of piperidine rings is 1. The van der Waals surface area contributed by atoms with Gasteiger partial charge in [-0.3, -0.25) is 9.89 Å². The Morgan fingerprint density at radius 3 is 2.86 bits per heavy atom. The molecule has 0 bridgehead atoms. The van der Waals surface area contributed by atoms with Crippen LogP contribution >= 0.6 is 0 Å². The van der Waals surface area contributed by atoms with Crippen molar-refractivity contribution >= 4 is 5.91 Å². The molecule has 0 saturated carbocycles. The largest absolute Gasteiger partial charge is 0.396 e. The Hall–Kier alpha value is -2.14. The molecule has 2 unspecified atom stereocenters. The minimum absolute atomic E-state index is 0.0414. The Morgan fingerprint density at radius 2 is 2.14 bits per heavy atom. The number of hydrogen-bond acceptors (Lipinski definition) is 3. The van der Waals surface area contributed by atoms with Gasteiger partial charge in [0.1, 0.15) is 5.69 Å². The minimum atomic E-state index is -0.0414. The van der Waals surface area contributed by atoms with Gasteiger partial charge >= 0.3 is 0 Å². The highest BCUT2D eigenvalue weighted by Crippen LogP contribution is 2.24. The lowest BCUT2D eigenvalue weighted by atomic mass is 9.94. The van der Waals surface area contributed by atoms with Crippen LogP contribution in [0.25, 0.3) is 11.3 Å². The van der Waals surface area contributed by atoms with Crippen LogP contribution in [0.2, 0.25) is 0 Å². The number of aromatic amines is 1. The Kier molecular flexibility index (Phi) is 4.24. The molecule has 0 radical (unpaired) electrons. The fourth-order valence-corrected chi connectivity index (χ4v) is 2.96. The number of aliphatic hydroxyl groups is 1. The SMILES string of the molecule is CC1CCC(CO)CN1C(=O)c1cc(-c2ccccc2)n[nH]1. The maximum absolute atomic E-state index is 12.7. The van der Waals surface area contributed by atoms with Gasteiger partial charge in [-0.25, -0.2) is 0 Å². The molecule has 1 aromatic heterocycles. The molecule has 0 spiro atoms. The number of amides is 1. The third-order valence-corrected chi connectivity index (χ3v) is 4.38. The van der Waals surface area contributed by atoms with Crippen molar-refractivity contribution in [3.63, 3.8) is 0 Å². The Morgan fingerprint density at radius 1 is 1.36 bits per heavy atom. The minimum Gasteiger partial charge on any atom is -0.396 e. The van der Waals surface area contributed by atoms with Crippen LogP contribution in [-0.4, -0.2) is 45.3 Å². The van der Waals surface area contributed by atoms with Crippen molar-refractivity contribution in [3.05, 3.63) is 42.1 Å². The molecule has 1 saturated heterocycles. The van der Waals surface area contributed by atoms with Gasteiger partial charge in [0.05, 0.1) is 5.69 Å². The van der Waals surface area contributed by atoms with E-state index < -0.39 is 0 Å². The summed E-state index contributed by atoms with van der Waals surface area (Å²) in [5.41, 5.74) is 2.26. The fourth-order valence-electron chi connectivity index (χ4n) is 2.96. The van der Waals surface area contributed by atoms with E-state index in [0.717, 1.165) is 24.1 Å². The van der Waals surface area contributed by atoms with Crippen LogP contribution in [0.15, 0.2) is 36.4 Å². The van der Waals surface area contributed by atoms with Gasteiger partial charge in [0, 0.05) is 24.8 Å². The van der Waals surface area contributed by atoms with Crippen LogP contribution in [0.3, 0.4) is 0 Å². The molecule has 1 aliphatic heterocycles. The van der Waals surface area contributed by atoms with Crippen LogP contribution in [-0.2, 0) is 0 Å². The van der Waals surface area contributed by atoms with E-state index in [0.29, 0.717) is 12.2 Å². The second-order valence-electron chi connectivity index (χ2n) is 5.97. The van der Waals surface area contributed by atoms with E-state index in [1.54, 1.807) is 6.07 Å². The zero-order valence-electron chi connectivity index (χ0n) is 12.7. The Bertz CT molecular complexity index is 638. The van der Waals surface area contributed by atoms with Crippen LogP contribution < -0.4 is 0 Å². The van der Waals surface area contributed by atoms with Gasteiger partial charge in [-0.1, -0.05) is 30.3 Å². The van der Waals surface area contributed by atoms with Crippen molar-refractivity contribution in [3.8, 4) is 11.3 Å². The summed E-state index contributed by atoms with van der Waals surface area (Å²) in [5, 5.41) is 16.4. The summed E-state index contributed by atoms with van der Waals surface area (Å²) in [6.45, 7) is 2.80. The Labute approximate surface area is 130 Å². The first-order valence-corrected chi connectivity index (χ1v) is 7.71. The summed E-state index contributed by atoms with van der Waals surface area (Å²) in [6, 6.07) is 11.8. The van der Waals surface area contributed by atoms with Crippen LogP contribution in [0.5, 0.6) is 0 Å². The van der Waals surface area contributed by atoms with Crippen LogP contribution in [0, 0.1) is 5.92 Å². The molecule has 1 fully saturated rings. The second-order valence-corrected chi connectivity index (χ2v) is 5.97. The van der Waals surface area contributed by atoms with Gasteiger partial charge < -0.3 is 10.0 Å². The highest BCUT2D eigenvalue weighted by molar-refractivity contribution is 5.93. The average Bonchev–Trinajstić information content (AvgIpc) is 3.05. The second kappa shape index (κ2) is 6.32. The molecule has 1 aliphatic rings. The monoisotopic (exact) mass is 299 g/mol. The van der Waals surface area contributed by atoms with E-state index in [1.807, 2.05) is 35.2 Å². The van der Waals surface area contributed by atoms with Crippen molar-refractivity contribution in [1.82, 2.24) is 15.1 Å². The predicted molar refractivity (Wildman–Crippen MR) is 84.3 cm³/mol. The maximum atomic E-state index is 12.7. The van der Waals surface area contributed by atoms with Gasteiger partial charge in [-0.05, 0) is 31.7 Å². The summed E-state index contributed by atoms with van der Waals surface area (Å²) in [6.07, 6.45) is 1.90. The first kappa shape index (κ1) is 14.8. The molecule has 1 amide bonds. The normalized spacial score (nSPS) is 21.8. The number of benzene rings is 1. The summed E-state index contributed by atoms with van der Waals surface area (Å²) < 4.78 is 0. The molecule has 0 aliphatic carbocycles. The summed E-state index contributed by atoms with van der Waals surface area (Å²) in [4.78, 5) is 14.5. The molecule has 116 valence electrons. The molecule has 5 nitrogen and oxygen atoms in total. The lowest BCUT2D eigenvalue weighted by Crippen LogP contribution is -2.46. The van der Waals surface area contributed by atoms with E-state index in [4.69, 9.17) is 0 Å². The molecule has 2 heterocycles. The molecule has 2 aromatic rings. The first-order chi connectivity index (χ1) is 10.7. The summed E-state index contributed by atoms with van der Waals surface area (Å²) in [7, 11) is 0. The van der Waals surface area contributed by atoms with Crippen molar-refractivity contribution in [1.29, 1.82) is 0 Å². The number of carbonyl (C=O) groups is 1. The van der Waals surface area contributed by atoms with Gasteiger partial charge in [0.25, 0.3) is 5.91 Å². The maximum Gasteiger partial charge on any atom is 0.272 e. The van der Waals surface area contributed by atoms with E-state index >= 15 is 0 Å². The van der Waals surface area contributed by atoms with E-state index in [2.05, 4.69) is 17.1 Å². The topological polar surface area (TPSA) is 69.2 Å². The van der Waals surface area contributed by atoms with Gasteiger partial charge in [0.15, 0.2) is 0 Å². The smallest absolute Gasteiger partial charge is 0.272 e. The lowest BCUT2D eigenvalue weighted by molar-refractivity contribution is 0.0483. The first-order valence-electron chi connectivity index (χ1n) is 7.71. The molecular weight excluding hydrogens is 278 g/mol. The number of H-pyrrole nitrogens is 1. The molecule has 2 N–H and O–H groups in total. The quantitative estimate of drug-likeness (QED) is 0.913. The van der Waals surface area contributed by atoms with Crippen LogP contribution in [0.4, 0.5) is 0 Å². The number of carbonyl (C=O) groups excluding carboxylic acids is 1. The number of hydrogen-bond donors (Lipinski definition) is 2. The number of nitrogens with zero attached hydrogens (tertiary/aromatic N) is 2. The van der Waals surface area contributed by atoms with Crippen LogP contribution in [0.1, 0.15) is 30.3 Å². The molecule has 2 atom stereocenters. The van der Waals surface area contributed by atoms with Crippen molar-refractivity contribution < 1.29 is 9.90 Å². The molecule has 22 heavy (non-hydrogen) atoms. The average molecular weight is 299 g/mol. The summed E-state index contributed by atoms with van der Waals surface area (Å²) in [5.74, 6) is 0.136. The number of aromatic nitrogens is 2. The molecular formula is C17H21N3O2. The van der Waals surface area contributed by atoms with Gasteiger partial charge in [-0.2, -0.15) is 5.10 Å². The molecule has 1 aromatic carbocycles. The standard InChI is InChI=1S/C17H21N3O2/c1-12-7-8-13(11-21)10-20(12)17(22)16-9-15(18-19-16)14-5-3-2-4-6-14/h2-6,9,12-13,21H,7-8,10-11H2,1H3,(H,18,19). The third kappa shape index (κ3) is 2.90. The predicted octanol–water partition coefficient (Wildman–Crippen LogP) is 2.31. The van der Waals surface area contributed by atoms with E-state index in [1.165, 1.54) is 0 Å². The highest BCUT2D eigenvalue weighted by Gasteiger charge is 2.30. The van der Waals surface area contributed by atoms with Gasteiger partial charge in [0.2, 0.25) is 0 Å². The van der Waals surface area contributed by atoms with Crippen molar-refractivity contribution in [2.24, 2.45) is 5.92 Å². The number of rotatable bonds is 3. The van der Waals surface area contributed by atoms with Gasteiger partial charge in [-0.15, -0.1) is 0 Å². The Balaban J connectivity index is 1.79. The number of likely N-dealkylation sites (tertiary alicyclic amines) is 1. The summed E-state index contributed by atoms with van der Waals surface area (Å²) >= 11 is 0. The third-order valence-electron chi connectivity index (χ3n) is 4.38. The highest BCUT2D eigenvalue weighted by atomic mass is 16.3. The zero-order valence-corrected chi connectivity index (χ0v) is 12.7. The zero-order chi connectivity index (χ0) is 15.5. The van der Waals surface area contributed by atoms with Crippen molar-refractivity contribution in [2.75, 3.05) is 13.2 Å². The number of aliphatic hydroxyl groups excluding tert-OH is 1. The van der Waals surface area contributed by atoms with E-state index in [-0.39, 0.29) is 24.5 Å². The van der Waals surface area contributed by atoms with E-state index in [9.17, 15) is 9.90 Å². The van der Waals surface area contributed by atoms with Crippen molar-refractivity contribution in [2.45, 2.75) is 25.8 Å². The molecule has 5 heteroatoms.